The summed E-state index contributed by atoms with van der Waals surface area (Å²) in [5.74, 6) is 0. The predicted octanol–water partition coefficient (Wildman–Crippen LogP) is 2.41. The SMILES string of the molecule is Cc1ccc(S(=O)(=O)c2ccc(N)cc2)cc1.[Hg]. The molecule has 2 aromatic rings. The van der Waals surface area contributed by atoms with E-state index in [1.807, 2.05) is 6.92 Å². The number of aryl methyl sites for hydroxylation is 1. The van der Waals surface area contributed by atoms with Crippen molar-refractivity contribution in [3.05, 3.63) is 54.1 Å². The summed E-state index contributed by atoms with van der Waals surface area (Å²) in [5.41, 5.74) is 7.11. The predicted molar refractivity (Wildman–Crippen MR) is 67.5 cm³/mol. The molecule has 2 N–H and O–H groups in total. The van der Waals surface area contributed by atoms with E-state index in [9.17, 15) is 8.42 Å². The summed E-state index contributed by atoms with van der Waals surface area (Å²) in [6.07, 6.45) is 0. The molecule has 0 amide bonds. The van der Waals surface area contributed by atoms with Crippen molar-refractivity contribution in [3.8, 4) is 0 Å². The molecule has 0 bridgehead atoms. The van der Waals surface area contributed by atoms with Crippen molar-refractivity contribution in [3.63, 3.8) is 0 Å². The standard InChI is InChI=1S/C13H13NO2S.Hg/c1-10-2-6-12(7-3-10)17(15,16)13-8-4-11(14)5-9-13;/h2-9H,14H2,1H3;. The molecule has 0 radical (unpaired) electrons. The molecular weight excluding hydrogens is 435 g/mol. The molecule has 2 rings (SSSR count). The molecule has 0 heterocycles. The summed E-state index contributed by atoms with van der Waals surface area (Å²) < 4.78 is 24.4. The number of rotatable bonds is 2. The Morgan fingerprint density at radius 1 is 0.833 bits per heavy atom. The van der Waals surface area contributed by atoms with Crippen LogP contribution in [-0.2, 0) is 37.5 Å². The van der Waals surface area contributed by atoms with Gasteiger partial charge in [-0.25, -0.2) is 8.42 Å². The fourth-order valence-electron chi connectivity index (χ4n) is 1.50. The molecule has 0 unspecified atom stereocenters. The van der Waals surface area contributed by atoms with Crippen LogP contribution in [0.15, 0.2) is 58.3 Å². The van der Waals surface area contributed by atoms with Crippen molar-refractivity contribution in [1.82, 2.24) is 0 Å². The van der Waals surface area contributed by atoms with Gasteiger partial charge in [-0.15, -0.1) is 0 Å². The third-order valence-corrected chi connectivity index (χ3v) is 4.31. The van der Waals surface area contributed by atoms with Crippen molar-refractivity contribution < 1.29 is 36.1 Å². The second-order valence-electron chi connectivity index (χ2n) is 3.89. The molecule has 2 aromatic carbocycles. The van der Waals surface area contributed by atoms with Crippen LogP contribution in [0.4, 0.5) is 5.69 Å². The first kappa shape index (κ1) is 15.2. The molecule has 0 spiro atoms. The topological polar surface area (TPSA) is 60.2 Å². The van der Waals surface area contributed by atoms with Crippen molar-refractivity contribution in [2.75, 3.05) is 5.73 Å². The Balaban J connectivity index is 0.00000162. The Hall–Kier alpha value is -0.875. The van der Waals surface area contributed by atoms with Crippen LogP contribution in [0.25, 0.3) is 0 Å². The maximum atomic E-state index is 12.2. The number of benzene rings is 2. The molecule has 90 valence electrons. The Bertz CT molecular complexity index is 568. The Labute approximate surface area is 127 Å². The molecule has 0 fully saturated rings. The zero-order valence-electron chi connectivity index (χ0n) is 10.1. The first-order valence-electron chi connectivity index (χ1n) is 5.17. The number of anilines is 1. The first-order chi connectivity index (χ1) is 8.00. The van der Waals surface area contributed by atoms with Crippen molar-refractivity contribution in [2.24, 2.45) is 0 Å². The van der Waals surface area contributed by atoms with Crippen LogP contribution in [0, 0.1) is 6.92 Å². The number of hydrogen-bond donors (Lipinski definition) is 1. The van der Waals surface area contributed by atoms with Crippen LogP contribution < -0.4 is 5.73 Å². The average Bonchev–Trinajstić information content (AvgIpc) is 2.30. The fourth-order valence-corrected chi connectivity index (χ4v) is 2.76. The van der Waals surface area contributed by atoms with Gasteiger partial charge in [-0.05, 0) is 43.3 Å². The van der Waals surface area contributed by atoms with Gasteiger partial charge in [0.15, 0.2) is 0 Å². The van der Waals surface area contributed by atoms with Crippen LogP contribution >= 0.6 is 0 Å². The Morgan fingerprint density at radius 2 is 1.22 bits per heavy atom. The maximum absolute atomic E-state index is 12.2. The second-order valence-corrected chi connectivity index (χ2v) is 5.84. The van der Waals surface area contributed by atoms with E-state index in [1.54, 1.807) is 36.4 Å². The van der Waals surface area contributed by atoms with Crippen molar-refractivity contribution in [2.45, 2.75) is 16.7 Å². The van der Waals surface area contributed by atoms with Gasteiger partial charge >= 0.3 is 0 Å². The van der Waals surface area contributed by atoms with E-state index in [-0.39, 0.29) is 32.6 Å². The van der Waals surface area contributed by atoms with Crippen molar-refractivity contribution in [1.29, 1.82) is 0 Å². The van der Waals surface area contributed by atoms with Gasteiger partial charge in [-0.3, -0.25) is 0 Å². The zero-order valence-corrected chi connectivity index (χ0v) is 16.4. The molecular formula is C13H13HgNO2S. The number of hydrogen-bond acceptors (Lipinski definition) is 3. The van der Waals surface area contributed by atoms with E-state index in [0.717, 1.165) is 5.56 Å². The summed E-state index contributed by atoms with van der Waals surface area (Å²) in [4.78, 5) is 0.559. The first-order valence-corrected chi connectivity index (χ1v) is 6.66. The fraction of sp³-hybridized carbons (Fsp3) is 0.0769. The van der Waals surface area contributed by atoms with E-state index in [2.05, 4.69) is 0 Å². The molecule has 18 heavy (non-hydrogen) atoms. The van der Waals surface area contributed by atoms with Crippen LogP contribution in [0.3, 0.4) is 0 Å². The van der Waals surface area contributed by atoms with E-state index >= 15 is 0 Å². The number of sulfone groups is 1. The Kier molecular flexibility index (Phi) is 4.93. The van der Waals surface area contributed by atoms with Gasteiger partial charge < -0.3 is 5.73 Å². The number of nitrogens with two attached hydrogens (primary N) is 1. The minimum absolute atomic E-state index is 0. The zero-order chi connectivity index (χ0) is 12.5. The molecule has 5 heteroatoms. The van der Waals surface area contributed by atoms with Gasteiger partial charge in [-0.2, -0.15) is 0 Å². The van der Waals surface area contributed by atoms with Crippen molar-refractivity contribution >= 4 is 15.5 Å². The molecule has 0 aliphatic rings. The normalized spacial score (nSPS) is 10.7. The van der Waals surface area contributed by atoms with Crippen LogP contribution in [-0.4, -0.2) is 8.42 Å². The summed E-state index contributed by atoms with van der Waals surface area (Å²) in [7, 11) is -3.43. The van der Waals surface area contributed by atoms with Gasteiger partial charge in [0.2, 0.25) is 9.84 Å². The van der Waals surface area contributed by atoms with Gasteiger partial charge in [0.25, 0.3) is 0 Å². The summed E-state index contributed by atoms with van der Waals surface area (Å²) in [6, 6.07) is 13.0. The van der Waals surface area contributed by atoms with Gasteiger partial charge in [0.1, 0.15) is 0 Å². The maximum Gasteiger partial charge on any atom is 0.206 e. The smallest absolute Gasteiger partial charge is 0.206 e. The van der Waals surface area contributed by atoms with E-state index in [1.165, 1.54) is 12.1 Å². The number of nitrogen functional groups attached to an aromatic ring is 1. The van der Waals surface area contributed by atoms with Gasteiger partial charge in [0, 0.05) is 33.4 Å². The quantitative estimate of drug-likeness (QED) is 0.568. The second kappa shape index (κ2) is 5.84. The molecule has 0 saturated carbocycles. The monoisotopic (exact) mass is 449 g/mol. The average molecular weight is 448 g/mol. The molecule has 0 saturated heterocycles. The van der Waals surface area contributed by atoms with Gasteiger partial charge in [-0.1, -0.05) is 17.7 Å². The van der Waals surface area contributed by atoms with Crippen LogP contribution in [0.1, 0.15) is 5.56 Å². The van der Waals surface area contributed by atoms with E-state index < -0.39 is 9.84 Å². The molecule has 3 nitrogen and oxygen atoms in total. The third kappa shape index (κ3) is 3.11. The van der Waals surface area contributed by atoms with Crippen LogP contribution in [0.2, 0.25) is 0 Å². The minimum Gasteiger partial charge on any atom is -0.399 e. The molecule has 0 aromatic heterocycles. The molecule has 0 aliphatic carbocycles. The minimum atomic E-state index is -3.43. The summed E-state index contributed by atoms with van der Waals surface area (Å²) in [6.45, 7) is 1.92. The summed E-state index contributed by atoms with van der Waals surface area (Å²) in [5, 5.41) is 0. The molecule has 0 aliphatic heterocycles. The largest absolute Gasteiger partial charge is 0.399 e. The summed E-state index contributed by atoms with van der Waals surface area (Å²) >= 11 is 0. The van der Waals surface area contributed by atoms with E-state index in [0.29, 0.717) is 10.6 Å². The van der Waals surface area contributed by atoms with Gasteiger partial charge in [0.05, 0.1) is 9.79 Å². The Morgan fingerprint density at radius 3 is 1.67 bits per heavy atom. The van der Waals surface area contributed by atoms with Crippen LogP contribution in [0.5, 0.6) is 0 Å². The van der Waals surface area contributed by atoms with E-state index in [4.69, 9.17) is 5.73 Å². The third-order valence-electron chi connectivity index (χ3n) is 2.52. The molecule has 0 atom stereocenters.